The maximum absolute atomic E-state index is 15.5. The molecule has 2 saturated heterocycles. The Labute approximate surface area is 500 Å². The predicted octanol–water partition coefficient (Wildman–Crippen LogP) is 13.7. The fraction of sp³-hybridized carbons (Fsp3) is 0.114. The van der Waals surface area contributed by atoms with E-state index in [-0.39, 0.29) is 29.6 Å². The number of anilines is 1. The Kier molecular flexibility index (Phi) is 16.4. The van der Waals surface area contributed by atoms with Crippen LogP contribution in [0, 0.1) is 5.41 Å². The summed E-state index contributed by atoms with van der Waals surface area (Å²) in [4.78, 5) is 63.7. The monoisotopic (exact) mass is 1160 g/mol. The normalized spacial score (nSPS) is 17.0. The third-order valence-corrected chi connectivity index (χ3v) is 18.2. The zero-order valence-corrected chi connectivity index (χ0v) is 47.8. The number of fused-ring (bicyclic) bond motifs is 1. The molecule has 0 saturated carbocycles. The lowest BCUT2D eigenvalue weighted by atomic mass is 9.77. The van der Waals surface area contributed by atoms with Crippen molar-refractivity contribution in [3.8, 4) is 0 Å². The van der Waals surface area contributed by atoms with Crippen molar-refractivity contribution in [1.29, 1.82) is 0 Å². The van der Waals surface area contributed by atoms with Crippen molar-refractivity contribution < 1.29 is 24.0 Å². The first-order chi connectivity index (χ1) is 41.3. The Morgan fingerprint density at radius 3 is 1.57 bits per heavy atom. The first-order valence-electron chi connectivity index (χ1n) is 27.5. The highest BCUT2D eigenvalue weighted by Gasteiger charge is 2.58. The van der Waals surface area contributed by atoms with E-state index in [2.05, 4.69) is 52.0 Å². The van der Waals surface area contributed by atoms with Crippen LogP contribution in [0.3, 0.4) is 0 Å². The molecule has 4 heterocycles. The van der Waals surface area contributed by atoms with E-state index in [9.17, 15) is 4.79 Å². The molecular formula is C70H56N6O5S3. The molecular weight excluding hydrogens is 1100 g/mol. The lowest BCUT2D eigenvalue weighted by molar-refractivity contribution is -0.162. The molecule has 8 aromatic carbocycles. The second-order valence-electron chi connectivity index (χ2n) is 20.3. The summed E-state index contributed by atoms with van der Waals surface area (Å²) in [6, 6.07) is 83.8. The number of hydrogen-bond donors (Lipinski definition) is 2. The molecule has 0 aliphatic carbocycles. The number of esters is 1. The van der Waals surface area contributed by atoms with Gasteiger partial charge < -0.3 is 25.1 Å². The molecule has 12 rings (SSSR count). The minimum absolute atomic E-state index is 0.00912. The SMILES string of the molecule is O=C(NC1C(=O)N2CC(C=CSc3ccccn3)(C(=O)OC(c3ccccc3)c3ccccc3)CS[C@H]12)C(=NOC(c1ccccc1)(c1ccccc1)c1ccccc1)c1csc(NC(c2ccccc2)(c2ccccc2)c2ccccc2)n1. The standard InChI is InChI=1S/C70H56N6O5S3/c77-63(73-61-64(78)76-48-68(49-84-65(61)76,44-46-82-59-43-25-26-45-71-59)66(79)80-62(50-27-9-1-10-28-50)51-29-11-2-12-30-51)60(75-81-70(55-37-19-6-20-38-55,56-39-21-7-22-40-56)57-41-23-8-24-42-57)58-47-83-67(72-58)74-69(52-31-13-3-14-32-52,53-33-15-4-16-34-53)54-35-17-5-18-36-54/h1-47,61-62,65H,48-49H2,(H,72,74)(H,73,77)/t61?,65-,68?/m1/s1. The van der Waals surface area contributed by atoms with Crippen LogP contribution < -0.4 is 10.6 Å². The summed E-state index contributed by atoms with van der Waals surface area (Å²) < 4.78 is 6.56. The van der Waals surface area contributed by atoms with Gasteiger partial charge in [-0.3, -0.25) is 14.4 Å². The first kappa shape index (κ1) is 55.2. The zero-order valence-electron chi connectivity index (χ0n) is 45.3. The summed E-state index contributed by atoms with van der Waals surface area (Å²) in [5, 5.41) is 16.2. The van der Waals surface area contributed by atoms with Gasteiger partial charge in [0.15, 0.2) is 16.9 Å². The highest BCUT2D eigenvalue weighted by Crippen LogP contribution is 2.47. The van der Waals surface area contributed by atoms with E-state index < -0.39 is 46.0 Å². The Bertz CT molecular complexity index is 3660. The predicted molar refractivity (Wildman–Crippen MR) is 334 cm³/mol. The molecule has 3 atom stereocenters. The van der Waals surface area contributed by atoms with Crippen LogP contribution in [0.1, 0.15) is 56.3 Å². The molecule has 2 unspecified atom stereocenters. The van der Waals surface area contributed by atoms with Gasteiger partial charge in [0.2, 0.25) is 11.5 Å². The Hall–Kier alpha value is -9.34. The van der Waals surface area contributed by atoms with Gasteiger partial charge in [0, 0.05) is 40.6 Å². The molecule has 2 N–H and O–H groups in total. The van der Waals surface area contributed by atoms with Crippen LogP contribution in [-0.4, -0.2) is 62.1 Å². The number of thiazole rings is 1. The number of carbonyl (C=O) groups excluding carboxylic acids is 3. The van der Waals surface area contributed by atoms with Crippen LogP contribution >= 0.6 is 34.9 Å². The number of rotatable bonds is 20. The number of amides is 2. The minimum Gasteiger partial charge on any atom is -0.452 e. The third-order valence-electron chi connectivity index (χ3n) is 15.1. The molecule has 2 aromatic heterocycles. The van der Waals surface area contributed by atoms with E-state index in [0.717, 1.165) is 49.5 Å². The largest absolute Gasteiger partial charge is 0.452 e. The molecule has 0 spiro atoms. The summed E-state index contributed by atoms with van der Waals surface area (Å²) in [6.07, 6.45) is 2.83. The fourth-order valence-corrected chi connectivity index (χ4v) is 13.9. The quantitative estimate of drug-likeness (QED) is 0.0190. The highest BCUT2D eigenvalue weighted by atomic mass is 32.2. The minimum atomic E-state index is -1.36. The number of carbonyl (C=O) groups is 3. The Morgan fingerprint density at radius 2 is 1.10 bits per heavy atom. The van der Waals surface area contributed by atoms with Gasteiger partial charge in [-0.05, 0) is 45.4 Å². The maximum atomic E-state index is 15.5. The fourth-order valence-electron chi connectivity index (χ4n) is 10.9. The summed E-state index contributed by atoms with van der Waals surface area (Å²) in [5.74, 6) is -1.28. The number of thioether (sulfide) groups is 2. The molecule has 84 heavy (non-hydrogen) atoms. The van der Waals surface area contributed by atoms with E-state index in [1.54, 1.807) is 16.5 Å². The first-order valence-corrected chi connectivity index (χ1v) is 30.3. The molecule has 10 aromatic rings. The van der Waals surface area contributed by atoms with Gasteiger partial charge in [-0.15, -0.1) is 23.1 Å². The van der Waals surface area contributed by atoms with Crippen molar-refractivity contribution in [2.24, 2.45) is 10.6 Å². The summed E-state index contributed by atoms with van der Waals surface area (Å²) in [7, 11) is 0. The zero-order chi connectivity index (χ0) is 57.2. The van der Waals surface area contributed by atoms with Crippen molar-refractivity contribution in [3.63, 3.8) is 0 Å². The van der Waals surface area contributed by atoms with Gasteiger partial charge in [-0.1, -0.05) is 272 Å². The molecule has 2 amide bonds. The number of nitrogens with zero attached hydrogens (tertiary/aromatic N) is 4. The van der Waals surface area contributed by atoms with Gasteiger partial charge in [-0.2, -0.15) is 0 Å². The van der Waals surface area contributed by atoms with Crippen LogP contribution in [0.4, 0.5) is 5.13 Å². The second kappa shape index (κ2) is 25.0. The van der Waals surface area contributed by atoms with E-state index in [1.165, 1.54) is 34.9 Å². The molecule has 11 nitrogen and oxygen atoms in total. The lowest BCUT2D eigenvalue weighted by Crippen LogP contribution is -2.74. The molecule has 2 fully saturated rings. The number of oxime groups is 1. The third kappa shape index (κ3) is 11.2. The summed E-state index contributed by atoms with van der Waals surface area (Å²) in [5.41, 5.74) is 3.32. The smallest absolute Gasteiger partial charge is 0.319 e. The Balaban J connectivity index is 0.904. The molecule has 414 valence electrons. The number of benzene rings is 8. The van der Waals surface area contributed by atoms with Gasteiger partial charge in [0.05, 0.1) is 0 Å². The van der Waals surface area contributed by atoms with Gasteiger partial charge in [-0.25, -0.2) is 9.97 Å². The van der Waals surface area contributed by atoms with Crippen molar-refractivity contribution in [1.82, 2.24) is 20.2 Å². The average Bonchev–Trinajstić information content (AvgIpc) is 2.91. The average molecular weight is 1160 g/mol. The number of nitrogens with one attached hydrogen (secondary N) is 2. The second-order valence-corrected chi connectivity index (χ2v) is 23.2. The molecule has 2 aliphatic rings. The maximum Gasteiger partial charge on any atom is 0.319 e. The van der Waals surface area contributed by atoms with Crippen LogP contribution in [0.15, 0.2) is 294 Å². The van der Waals surface area contributed by atoms with Gasteiger partial charge >= 0.3 is 5.97 Å². The topological polar surface area (TPSA) is 135 Å². The number of ether oxygens (including phenoxy) is 1. The number of aromatic nitrogens is 2. The van der Waals surface area contributed by atoms with E-state index in [0.29, 0.717) is 5.13 Å². The highest BCUT2D eigenvalue weighted by molar-refractivity contribution is 8.02. The van der Waals surface area contributed by atoms with Crippen LogP contribution in [0.2, 0.25) is 0 Å². The summed E-state index contributed by atoms with van der Waals surface area (Å²) >= 11 is 4.10. The van der Waals surface area contributed by atoms with Crippen LogP contribution in [0.25, 0.3) is 0 Å². The molecule has 14 heteroatoms. The van der Waals surface area contributed by atoms with Crippen molar-refractivity contribution in [2.75, 3.05) is 17.6 Å². The molecule has 2 aliphatic heterocycles. The lowest BCUT2D eigenvalue weighted by Gasteiger charge is -2.53. The number of pyridine rings is 1. The van der Waals surface area contributed by atoms with Crippen molar-refractivity contribution in [2.45, 2.75) is 33.7 Å². The Morgan fingerprint density at radius 1 is 0.631 bits per heavy atom. The molecule has 0 radical (unpaired) electrons. The van der Waals surface area contributed by atoms with Crippen LogP contribution in [-0.2, 0) is 35.1 Å². The van der Waals surface area contributed by atoms with E-state index >= 15 is 9.59 Å². The van der Waals surface area contributed by atoms with Crippen molar-refractivity contribution >= 4 is 63.5 Å². The van der Waals surface area contributed by atoms with E-state index in [1.807, 2.05) is 236 Å². The van der Waals surface area contributed by atoms with E-state index in [4.69, 9.17) is 19.7 Å². The van der Waals surface area contributed by atoms with Crippen LogP contribution in [0.5, 0.6) is 0 Å². The van der Waals surface area contributed by atoms with Crippen molar-refractivity contribution in [3.05, 3.63) is 334 Å². The summed E-state index contributed by atoms with van der Waals surface area (Å²) in [6.45, 7) is 0.00912. The molecule has 0 bridgehead atoms. The van der Waals surface area contributed by atoms with Gasteiger partial charge in [0.1, 0.15) is 33.1 Å². The van der Waals surface area contributed by atoms with Gasteiger partial charge in [0.25, 0.3) is 5.91 Å². The number of β-lactam (4-membered cyclic amide) rings is 1. The number of hydrogen-bond acceptors (Lipinski definition) is 12.